The molecule has 1 aliphatic heterocycles. The summed E-state index contributed by atoms with van der Waals surface area (Å²) in [4.78, 5) is 0. The third-order valence-electron chi connectivity index (χ3n) is 3.34. The van der Waals surface area contributed by atoms with Gasteiger partial charge in [-0.2, -0.15) is 0 Å². The average Bonchev–Trinajstić information content (AvgIpc) is 2.91. The summed E-state index contributed by atoms with van der Waals surface area (Å²) in [5, 5.41) is -0.381. The minimum atomic E-state index is -3.40. The summed E-state index contributed by atoms with van der Waals surface area (Å²) in [6, 6.07) is 7.20. The van der Waals surface area contributed by atoms with Crippen molar-refractivity contribution in [2.45, 2.75) is 32.0 Å². The van der Waals surface area contributed by atoms with Crippen molar-refractivity contribution >= 4 is 19.2 Å². The van der Waals surface area contributed by atoms with Crippen molar-refractivity contribution in [3.05, 3.63) is 34.9 Å². The number of rotatable bonds is 6. The summed E-state index contributed by atoms with van der Waals surface area (Å²) in [6.45, 7) is 4.78. The molecule has 1 heterocycles. The topological polar surface area (TPSA) is 44.8 Å². The van der Waals surface area contributed by atoms with Gasteiger partial charge in [-0.1, -0.05) is 23.7 Å². The van der Waals surface area contributed by atoms with Crippen LogP contribution in [-0.4, -0.2) is 19.8 Å². The molecule has 0 bridgehead atoms. The van der Waals surface area contributed by atoms with Gasteiger partial charge in [0.1, 0.15) is 0 Å². The lowest BCUT2D eigenvalue weighted by atomic mass is 10.1. The van der Waals surface area contributed by atoms with Crippen molar-refractivity contribution in [3.8, 4) is 0 Å². The SMILES string of the molecule is CCOP(=O)(OCC)C1(c2ccc(Cl)cc2)CCCO1. The van der Waals surface area contributed by atoms with E-state index in [-0.39, 0.29) is 0 Å². The van der Waals surface area contributed by atoms with Crippen LogP contribution in [-0.2, 0) is 23.7 Å². The molecule has 0 spiro atoms. The molecule has 0 aliphatic carbocycles. The molecule has 0 saturated carbocycles. The quantitative estimate of drug-likeness (QED) is 0.721. The summed E-state index contributed by atoms with van der Waals surface area (Å²) in [6.07, 6.45) is 1.44. The van der Waals surface area contributed by atoms with Crippen molar-refractivity contribution in [3.63, 3.8) is 0 Å². The van der Waals surface area contributed by atoms with Crippen LogP contribution in [0, 0.1) is 0 Å². The Morgan fingerprint density at radius 3 is 2.30 bits per heavy atom. The standard InChI is InChI=1S/C14H20ClO4P/c1-3-18-20(16,19-4-2)14(10-5-11-17-14)12-6-8-13(15)9-7-12/h6-9H,3-5,10-11H2,1-2H3. The fraction of sp³-hybridized carbons (Fsp3) is 0.571. The second-order valence-electron chi connectivity index (χ2n) is 4.58. The Morgan fingerprint density at radius 1 is 1.25 bits per heavy atom. The Hall–Kier alpha value is -0.380. The summed E-state index contributed by atoms with van der Waals surface area (Å²) < 4.78 is 30.1. The van der Waals surface area contributed by atoms with Crippen LogP contribution in [0.2, 0.25) is 5.02 Å². The molecule has 2 rings (SSSR count). The molecule has 0 amide bonds. The highest BCUT2D eigenvalue weighted by atomic mass is 35.5. The summed E-state index contributed by atoms with van der Waals surface area (Å²) in [5.74, 6) is 0. The summed E-state index contributed by atoms with van der Waals surface area (Å²) in [5.41, 5.74) is 0.796. The van der Waals surface area contributed by atoms with Crippen molar-refractivity contribution in [2.75, 3.05) is 19.8 Å². The number of hydrogen-bond donors (Lipinski definition) is 0. The molecule has 1 atom stereocenters. The van der Waals surface area contributed by atoms with Crippen LogP contribution < -0.4 is 0 Å². The predicted octanol–water partition coefficient (Wildman–Crippen LogP) is 4.57. The molecule has 4 nitrogen and oxygen atoms in total. The summed E-state index contributed by atoms with van der Waals surface area (Å²) in [7, 11) is -3.40. The van der Waals surface area contributed by atoms with Gasteiger partial charge in [-0.05, 0) is 44.4 Å². The fourth-order valence-corrected chi connectivity index (χ4v) is 4.97. The lowest BCUT2D eigenvalue weighted by Gasteiger charge is -2.35. The van der Waals surface area contributed by atoms with Crippen molar-refractivity contribution in [2.24, 2.45) is 0 Å². The Balaban J connectivity index is 2.47. The van der Waals surface area contributed by atoms with Crippen molar-refractivity contribution in [1.82, 2.24) is 0 Å². The van der Waals surface area contributed by atoms with E-state index in [1.54, 1.807) is 26.0 Å². The lowest BCUT2D eigenvalue weighted by molar-refractivity contribution is 0.0320. The first-order chi connectivity index (χ1) is 9.58. The second kappa shape index (κ2) is 6.59. The summed E-state index contributed by atoms with van der Waals surface area (Å²) >= 11 is 5.93. The van der Waals surface area contributed by atoms with Crippen LogP contribution in [0.4, 0.5) is 0 Å². The van der Waals surface area contributed by atoms with Crippen LogP contribution in [0.3, 0.4) is 0 Å². The van der Waals surface area contributed by atoms with Gasteiger partial charge < -0.3 is 13.8 Å². The molecule has 112 valence electrons. The van der Waals surface area contributed by atoms with Gasteiger partial charge in [-0.15, -0.1) is 0 Å². The highest BCUT2D eigenvalue weighted by molar-refractivity contribution is 7.55. The van der Waals surface area contributed by atoms with E-state index in [4.69, 9.17) is 25.4 Å². The predicted molar refractivity (Wildman–Crippen MR) is 79.2 cm³/mol. The van der Waals surface area contributed by atoms with Gasteiger partial charge in [0.2, 0.25) is 0 Å². The van der Waals surface area contributed by atoms with E-state index in [0.717, 1.165) is 12.0 Å². The molecular weight excluding hydrogens is 299 g/mol. The Morgan fingerprint density at radius 2 is 1.85 bits per heavy atom. The number of ether oxygens (including phenoxy) is 1. The van der Waals surface area contributed by atoms with Crippen LogP contribution in [0.5, 0.6) is 0 Å². The van der Waals surface area contributed by atoms with Gasteiger partial charge in [0.05, 0.1) is 13.2 Å². The van der Waals surface area contributed by atoms with Crippen molar-refractivity contribution in [1.29, 1.82) is 0 Å². The van der Waals surface area contributed by atoms with E-state index in [0.29, 0.717) is 31.3 Å². The molecule has 0 N–H and O–H groups in total. The molecule has 0 radical (unpaired) electrons. The lowest BCUT2D eigenvalue weighted by Crippen LogP contribution is -2.27. The van der Waals surface area contributed by atoms with Gasteiger partial charge in [-0.25, -0.2) is 0 Å². The third-order valence-corrected chi connectivity index (χ3v) is 6.28. The van der Waals surface area contributed by atoms with Gasteiger partial charge in [-0.3, -0.25) is 4.57 Å². The van der Waals surface area contributed by atoms with E-state index >= 15 is 0 Å². The van der Waals surface area contributed by atoms with E-state index < -0.39 is 12.9 Å². The van der Waals surface area contributed by atoms with Gasteiger partial charge >= 0.3 is 7.60 Å². The first-order valence-electron chi connectivity index (χ1n) is 6.87. The van der Waals surface area contributed by atoms with E-state index in [9.17, 15) is 4.57 Å². The smallest absolute Gasteiger partial charge is 0.358 e. The Bertz CT molecular complexity index is 472. The van der Waals surface area contributed by atoms with Gasteiger partial charge in [0, 0.05) is 11.6 Å². The van der Waals surface area contributed by atoms with E-state index in [1.807, 2.05) is 12.1 Å². The molecular formula is C14H20ClO4P. The molecule has 1 aromatic rings. The normalized spacial score (nSPS) is 23.1. The molecule has 6 heteroatoms. The molecule has 1 aromatic carbocycles. The number of benzene rings is 1. The molecule has 20 heavy (non-hydrogen) atoms. The largest absolute Gasteiger partial charge is 0.366 e. The van der Waals surface area contributed by atoms with Crippen LogP contribution in [0.15, 0.2) is 24.3 Å². The molecule has 1 saturated heterocycles. The average molecular weight is 319 g/mol. The van der Waals surface area contributed by atoms with Gasteiger partial charge in [0.15, 0.2) is 5.34 Å². The van der Waals surface area contributed by atoms with Crippen molar-refractivity contribution < 1.29 is 18.3 Å². The zero-order valence-electron chi connectivity index (χ0n) is 11.8. The number of hydrogen-bond acceptors (Lipinski definition) is 4. The molecule has 1 aliphatic rings. The highest BCUT2D eigenvalue weighted by Crippen LogP contribution is 2.69. The minimum absolute atomic E-state index is 0.315. The molecule has 1 unspecified atom stereocenters. The van der Waals surface area contributed by atoms with Crippen LogP contribution in [0.1, 0.15) is 32.3 Å². The maximum absolute atomic E-state index is 13.2. The van der Waals surface area contributed by atoms with Crippen LogP contribution >= 0.6 is 19.2 Å². The Labute approximate surface area is 124 Å². The Kier molecular flexibility index (Phi) is 5.27. The van der Waals surface area contributed by atoms with E-state index in [1.165, 1.54) is 0 Å². The monoisotopic (exact) mass is 318 g/mol. The molecule has 0 aromatic heterocycles. The minimum Gasteiger partial charge on any atom is -0.358 e. The van der Waals surface area contributed by atoms with Crippen LogP contribution in [0.25, 0.3) is 0 Å². The maximum Gasteiger partial charge on any atom is 0.366 e. The second-order valence-corrected chi connectivity index (χ2v) is 7.25. The highest BCUT2D eigenvalue weighted by Gasteiger charge is 2.55. The van der Waals surface area contributed by atoms with E-state index in [2.05, 4.69) is 0 Å². The molecule has 1 fully saturated rings. The maximum atomic E-state index is 13.2. The zero-order chi connectivity index (χ0) is 14.6. The fourth-order valence-electron chi connectivity index (χ4n) is 2.52. The first kappa shape index (κ1) is 16.0. The first-order valence-corrected chi connectivity index (χ1v) is 8.79. The van der Waals surface area contributed by atoms with Gasteiger partial charge in [0.25, 0.3) is 0 Å². The third kappa shape index (κ3) is 2.81. The number of halogens is 1. The zero-order valence-corrected chi connectivity index (χ0v) is 13.5.